The second-order valence-corrected chi connectivity index (χ2v) is 5.12. The molecule has 0 bridgehead atoms. The zero-order valence-electron chi connectivity index (χ0n) is 12.4. The summed E-state index contributed by atoms with van der Waals surface area (Å²) in [6, 6.07) is 2.25. The van der Waals surface area contributed by atoms with Crippen LogP contribution in [0.5, 0.6) is 5.75 Å². The van der Waals surface area contributed by atoms with E-state index in [1.54, 1.807) is 13.8 Å². The lowest BCUT2D eigenvalue weighted by Crippen LogP contribution is -2.30. The van der Waals surface area contributed by atoms with Gasteiger partial charge in [0, 0.05) is 12.5 Å². The Morgan fingerprint density at radius 1 is 1.38 bits per heavy atom. The Morgan fingerprint density at radius 2 is 2.00 bits per heavy atom. The molecule has 0 heterocycles. The summed E-state index contributed by atoms with van der Waals surface area (Å²) >= 11 is 0. The second-order valence-electron chi connectivity index (χ2n) is 5.12. The first-order valence-corrected chi connectivity index (χ1v) is 6.73. The van der Waals surface area contributed by atoms with Gasteiger partial charge in [-0.3, -0.25) is 9.59 Å². The van der Waals surface area contributed by atoms with Gasteiger partial charge in [0.25, 0.3) is 0 Å². The quantitative estimate of drug-likeness (QED) is 0.596. The highest BCUT2D eigenvalue weighted by Crippen LogP contribution is 2.32. The average molecular weight is 297 g/mol. The van der Waals surface area contributed by atoms with Crippen molar-refractivity contribution in [2.75, 3.05) is 12.3 Å². The van der Waals surface area contributed by atoms with Crippen molar-refractivity contribution in [3.63, 3.8) is 0 Å². The maximum atomic E-state index is 13.6. The minimum Gasteiger partial charge on any atom is -0.493 e. The summed E-state index contributed by atoms with van der Waals surface area (Å²) in [4.78, 5) is 23.6. The van der Waals surface area contributed by atoms with Crippen molar-refractivity contribution < 1.29 is 23.8 Å². The summed E-state index contributed by atoms with van der Waals surface area (Å²) < 4.78 is 18.9. The highest BCUT2D eigenvalue weighted by Gasteiger charge is 2.34. The van der Waals surface area contributed by atoms with Crippen molar-refractivity contribution in [1.82, 2.24) is 0 Å². The van der Waals surface area contributed by atoms with E-state index in [4.69, 9.17) is 10.5 Å². The molecule has 3 N–H and O–H groups in total. The molecular weight excluding hydrogens is 277 g/mol. The number of halogens is 1. The summed E-state index contributed by atoms with van der Waals surface area (Å²) in [6.45, 7) is 5.19. The zero-order chi connectivity index (χ0) is 16.2. The number of benzene rings is 1. The van der Waals surface area contributed by atoms with Gasteiger partial charge >= 0.3 is 5.97 Å². The van der Waals surface area contributed by atoms with Crippen LogP contribution in [0.3, 0.4) is 0 Å². The number of ether oxygens (including phenoxy) is 1. The highest BCUT2D eigenvalue weighted by molar-refractivity contribution is 6.01. The summed E-state index contributed by atoms with van der Waals surface area (Å²) in [7, 11) is 0. The van der Waals surface area contributed by atoms with E-state index in [0.29, 0.717) is 0 Å². The molecule has 0 aliphatic carbocycles. The lowest BCUT2D eigenvalue weighted by molar-refractivity contribution is -0.148. The van der Waals surface area contributed by atoms with Gasteiger partial charge in [-0.2, -0.15) is 0 Å². The highest BCUT2D eigenvalue weighted by atomic mass is 19.1. The fourth-order valence-corrected chi connectivity index (χ4v) is 1.86. The van der Waals surface area contributed by atoms with Gasteiger partial charge in [0.1, 0.15) is 11.6 Å². The summed E-state index contributed by atoms with van der Waals surface area (Å²) in [6.07, 6.45) is 0.0533. The number of carboxylic acids is 1. The molecule has 1 rings (SSSR count). The number of carboxylic acid groups (broad SMARTS) is 1. The molecule has 0 unspecified atom stereocenters. The number of nitrogens with two attached hydrogens (primary N) is 1. The number of ketones is 1. The smallest absolute Gasteiger partial charge is 0.309 e. The first kappa shape index (κ1) is 16.9. The SMILES string of the molecule is CCOc1cc(N)c(F)cc1C(=O)C[C@@](C)(CC)C(=O)O. The van der Waals surface area contributed by atoms with Crippen molar-refractivity contribution in [1.29, 1.82) is 0 Å². The summed E-state index contributed by atoms with van der Waals surface area (Å²) in [5.41, 5.74) is 4.16. The van der Waals surface area contributed by atoms with Gasteiger partial charge in [-0.05, 0) is 26.3 Å². The largest absolute Gasteiger partial charge is 0.493 e. The first-order chi connectivity index (χ1) is 9.75. The average Bonchev–Trinajstić information content (AvgIpc) is 2.42. The van der Waals surface area contributed by atoms with Crippen LogP contribution in [0.2, 0.25) is 0 Å². The molecule has 5 nitrogen and oxygen atoms in total. The third-order valence-electron chi connectivity index (χ3n) is 3.55. The molecule has 0 fully saturated rings. The molecule has 1 aromatic carbocycles. The topological polar surface area (TPSA) is 89.6 Å². The van der Waals surface area contributed by atoms with Gasteiger partial charge in [-0.15, -0.1) is 0 Å². The van der Waals surface area contributed by atoms with E-state index in [0.717, 1.165) is 6.07 Å². The fraction of sp³-hybridized carbons (Fsp3) is 0.467. The van der Waals surface area contributed by atoms with Crippen molar-refractivity contribution in [3.05, 3.63) is 23.5 Å². The van der Waals surface area contributed by atoms with Crippen LogP contribution in [-0.4, -0.2) is 23.5 Å². The maximum absolute atomic E-state index is 13.6. The van der Waals surface area contributed by atoms with Crippen LogP contribution in [0.25, 0.3) is 0 Å². The molecule has 1 aromatic rings. The normalized spacial score (nSPS) is 13.5. The molecule has 21 heavy (non-hydrogen) atoms. The Kier molecular flexibility index (Phi) is 5.29. The summed E-state index contributed by atoms with van der Waals surface area (Å²) in [5, 5.41) is 9.22. The third kappa shape index (κ3) is 3.71. The number of carbonyl (C=O) groups is 2. The van der Waals surface area contributed by atoms with Crippen molar-refractivity contribution in [2.45, 2.75) is 33.6 Å². The van der Waals surface area contributed by atoms with E-state index >= 15 is 0 Å². The maximum Gasteiger partial charge on any atom is 0.309 e. The van der Waals surface area contributed by atoms with Crippen LogP contribution in [-0.2, 0) is 4.79 Å². The van der Waals surface area contributed by atoms with Gasteiger partial charge in [-0.1, -0.05) is 6.92 Å². The Labute approximate surface area is 122 Å². The van der Waals surface area contributed by atoms with E-state index in [2.05, 4.69) is 0 Å². The number of nitrogen functional groups attached to an aromatic ring is 1. The second kappa shape index (κ2) is 6.56. The Bertz CT molecular complexity index is 559. The lowest BCUT2D eigenvalue weighted by Gasteiger charge is -2.22. The molecule has 1 atom stereocenters. The van der Waals surface area contributed by atoms with Gasteiger partial charge in [0.15, 0.2) is 5.78 Å². The molecule has 0 saturated heterocycles. The van der Waals surface area contributed by atoms with Gasteiger partial charge in [-0.25, -0.2) is 4.39 Å². The van der Waals surface area contributed by atoms with E-state index in [9.17, 15) is 19.1 Å². The molecule has 6 heteroatoms. The number of hydrogen-bond donors (Lipinski definition) is 2. The van der Waals surface area contributed by atoms with Crippen LogP contribution in [0.15, 0.2) is 12.1 Å². The Hall–Kier alpha value is -2.11. The van der Waals surface area contributed by atoms with Crippen molar-refractivity contribution >= 4 is 17.4 Å². The molecular formula is C15H20FNO4. The fourth-order valence-electron chi connectivity index (χ4n) is 1.86. The van der Waals surface area contributed by atoms with E-state index in [1.807, 2.05) is 0 Å². The predicted molar refractivity (Wildman–Crippen MR) is 77.0 cm³/mol. The van der Waals surface area contributed by atoms with Crippen LogP contribution in [0.4, 0.5) is 10.1 Å². The molecule has 0 saturated carbocycles. The monoisotopic (exact) mass is 297 g/mol. The van der Waals surface area contributed by atoms with Gasteiger partial charge in [0.2, 0.25) is 0 Å². The van der Waals surface area contributed by atoms with Gasteiger partial charge < -0.3 is 15.6 Å². The third-order valence-corrected chi connectivity index (χ3v) is 3.55. The minimum absolute atomic E-state index is 0.0180. The number of rotatable bonds is 7. The number of hydrogen-bond acceptors (Lipinski definition) is 4. The predicted octanol–water partition coefficient (Wildman–Crippen LogP) is 2.88. The minimum atomic E-state index is -1.20. The van der Waals surface area contributed by atoms with Crippen LogP contribution < -0.4 is 10.5 Å². The number of Topliss-reactive ketones (excluding diaryl/α,β-unsaturated/α-hetero) is 1. The zero-order valence-corrected chi connectivity index (χ0v) is 12.4. The van der Waals surface area contributed by atoms with Crippen molar-refractivity contribution in [2.24, 2.45) is 5.41 Å². The standard InChI is InChI=1S/C15H20FNO4/c1-4-15(3,14(19)20)8-12(18)9-6-10(16)11(17)7-13(9)21-5-2/h6-7H,4-5,8,17H2,1-3H3,(H,19,20)/t15-/m1/s1. The molecule has 0 spiro atoms. The number of anilines is 1. The van der Waals surface area contributed by atoms with E-state index < -0.39 is 23.0 Å². The first-order valence-electron chi connectivity index (χ1n) is 6.73. The number of carbonyl (C=O) groups excluding carboxylic acids is 1. The molecule has 0 aliphatic heterocycles. The number of aliphatic carboxylic acids is 1. The lowest BCUT2D eigenvalue weighted by atomic mass is 9.81. The van der Waals surface area contributed by atoms with Crippen LogP contribution in [0, 0.1) is 11.2 Å². The molecule has 0 aliphatic rings. The van der Waals surface area contributed by atoms with Crippen molar-refractivity contribution in [3.8, 4) is 5.75 Å². The molecule has 116 valence electrons. The van der Waals surface area contributed by atoms with Crippen LogP contribution in [0.1, 0.15) is 44.0 Å². The molecule has 0 aromatic heterocycles. The van der Waals surface area contributed by atoms with Crippen LogP contribution >= 0.6 is 0 Å². The Balaban J connectivity index is 3.17. The van der Waals surface area contributed by atoms with Gasteiger partial charge in [0.05, 0.1) is 23.3 Å². The van der Waals surface area contributed by atoms with E-state index in [1.165, 1.54) is 13.0 Å². The molecule has 0 amide bonds. The summed E-state index contributed by atoms with van der Waals surface area (Å²) in [5.74, 6) is -2.10. The molecule has 0 radical (unpaired) electrons. The Morgan fingerprint density at radius 3 is 2.48 bits per heavy atom. The van der Waals surface area contributed by atoms with E-state index in [-0.39, 0.29) is 36.4 Å².